The molecule has 0 aliphatic rings. The topological polar surface area (TPSA) is 76.1 Å². The second kappa shape index (κ2) is 5.57. The number of halogens is 2. The molecule has 0 aliphatic heterocycles. The molecule has 0 spiro atoms. The van der Waals surface area contributed by atoms with Gasteiger partial charge >= 0.3 is 0 Å². The number of carbonyl (C=O) groups is 1. The lowest BCUT2D eigenvalue weighted by molar-refractivity contribution is 0.102. The van der Waals surface area contributed by atoms with Gasteiger partial charge in [0.05, 0.1) is 10.6 Å². The average molecular weight is 312 g/mol. The molecule has 1 aromatic carbocycles. The first-order valence-corrected chi connectivity index (χ1v) is 7.60. The highest BCUT2D eigenvalue weighted by Gasteiger charge is 2.14. The van der Waals surface area contributed by atoms with Crippen molar-refractivity contribution >= 4 is 21.4 Å². The second-order valence-corrected chi connectivity index (χ2v) is 6.24. The molecule has 5 nitrogen and oxygen atoms in total. The molecule has 110 valence electrons. The molecule has 21 heavy (non-hydrogen) atoms. The van der Waals surface area contributed by atoms with Crippen molar-refractivity contribution in [1.82, 2.24) is 4.98 Å². The summed E-state index contributed by atoms with van der Waals surface area (Å²) in [6.07, 6.45) is 1.01. The third-order valence-corrected chi connectivity index (χ3v) is 3.70. The summed E-state index contributed by atoms with van der Waals surface area (Å²) in [5, 5.41) is 2.19. The van der Waals surface area contributed by atoms with Gasteiger partial charge in [-0.05, 0) is 30.3 Å². The minimum absolute atomic E-state index is 0.0293. The lowest BCUT2D eigenvalue weighted by Gasteiger charge is -2.07. The molecule has 0 radical (unpaired) electrons. The van der Waals surface area contributed by atoms with Gasteiger partial charge in [-0.25, -0.2) is 8.42 Å². The predicted molar refractivity (Wildman–Crippen MR) is 71.7 cm³/mol. The van der Waals surface area contributed by atoms with Crippen molar-refractivity contribution in [2.24, 2.45) is 0 Å². The van der Waals surface area contributed by atoms with Crippen molar-refractivity contribution in [1.29, 1.82) is 0 Å². The molecule has 0 fully saturated rings. The van der Waals surface area contributed by atoms with Gasteiger partial charge in [0.1, 0.15) is 0 Å². The molecule has 0 atom stereocenters. The number of nitrogens with zero attached hydrogens (tertiary/aromatic N) is 1. The molecule has 1 amide bonds. The summed E-state index contributed by atoms with van der Waals surface area (Å²) in [7, 11) is -3.46. The molecule has 0 saturated heterocycles. The summed E-state index contributed by atoms with van der Waals surface area (Å²) in [4.78, 5) is 14.8. The van der Waals surface area contributed by atoms with Gasteiger partial charge in [-0.3, -0.25) is 4.79 Å². The number of benzene rings is 1. The number of amides is 1. The number of hydrogen-bond acceptors (Lipinski definition) is 4. The van der Waals surface area contributed by atoms with Gasteiger partial charge in [0.25, 0.3) is 5.91 Å². The first kappa shape index (κ1) is 15.0. The Morgan fingerprint density at radius 2 is 1.90 bits per heavy atom. The minimum atomic E-state index is -3.46. The maximum atomic E-state index is 13.3. The summed E-state index contributed by atoms with van der Waals surface area (Å²) in [6.45, 7) is 0. The number of anilines is 1. The highest BCUT2D eigenvalue weighted by Crippen LogP contribution is 2.15. The highest BCUT2D eigenvalue weighted by atomic mass is 32.2. The Balaban J connectivity index is 2.29. The molecule has 8 heteroatoms. The summed E-state index contributed by atoms with van der Waals surface area (Å²) in [5.74, 6) is -2.90. The Morgan fingerprint density at radius 1 is 1.19 bits per heavy atom. The van der Waals surface area contributed by atoms with Gasteiger partial charge in [0.15, 0.2) is 9.84 Å². The fourth-order valence-corrected chi connectivity index (χ4v) is 2.23. The summed E-state index contributed by atoms with van der Waals surface area (Å²) >= 11 is 0. The summed E-state index contributed by atoms with van der Waals surface area (Å²) < 4.78 is 48.8. The number of carbonyl (C=O) groups excluding carboxylic acids is 1. The van der Waals surface area contributed by atoms with Crippen LogP contribution in [0.4, 0.5) is 14.5 Å². The standard InChI is InChI=1S/C13H10F2N2O3S/c1-21(19,20)9-4-2-3-8(7-9)13(18)16-10-5-6-11(14)17-12(10)15/h2-7H,1H3,(H,16,18). The van der Waals surface area contributed by atoms with Crippen molar-refractivity contribution in [2.75, 3.05) is 11.6 Å². The summed E-state index contributed by atoms with van der Waals surface area (Å²) in [5.41, 5.74) is -0.271. The fourth-order valence-electron chi connectivity index (χ4n) is 1.57. The number of aromatic nitrogens is 1. The van der Waals surface area contributed by atoms with E-state index in [4.69, 9.17) is 0 Å². The van der Waals surface area contributed by atoms with Crippen LogP contribution in [0.25, 0.3) is 0 Å². The third kappa shape index (κ3) is 3.60. The van der Waals surface area contributed by atoms with E-state index < -0.39 is 27.6 Å². The van der Waals surface area contributed by atoms with Crippen LogP contribution in [0.1, 0.15) is 10.4 Å². The van der Waals surface area contributed by atoms with Crippen molar-refractivity contribution in [3.63, 3.8) is 0 Å². The smallest absolute Gasteiger partial charge is 0.255 e. The number of sulfone groups is 1. The number of rotatable bonds is 3. The van der Waals surface area contributed by atoms with Gasteiger partial charge in [-0.1, -0.05) is 6.07 Å². The van der Waals surface area contributed by atoms with Crippen molar-refractivity contribution < 1.29 is 22.0 Å². The van der Waals surface area contributed by atoms with Gasteiger partial charge < -0.3 is 5.32 Å². The molecule has 1 N–H and O–H groups in total. The molecule has 0 aliphatic carbocycles. The van der Waals surface area contributed by atoms with Crippen LogP contribution in [0.15, 0.2) is 41.3 Å². The van der Waals surface area contributed by atoms with Crippen LogP contribution < -0.4 is 5.32 Å². The van der Waals surface area contributed by atoms with Crippen LogP contribution in [-0.2, 0) is 9.84 Å². The molecule has 2 aromatic rings. The molecular weight excluding hydrogens is 302 g/mol. The van der Waals surface area contributed by atoms with E-state index in [1.165, 1.54) is 24.3 Å². The zero-order valence-electron chi connectivity index (χ0n) is 10.8. The maximum absolute atomic E-state index is 13.3. The van der Waals surface area contributed by atoms with Gasteiger partial charge in [-0.2, -0.15) is 13.8 Å². The van der Waals surface area contributed by atoms with Crippen LogP contribution in [0.2, 0.25) is 0 Å². The maximum Gasteiger partial charge on any atom is 0.255 e. The van der Waals surface area contributed by atoms with Crippen molar-refractivity contribution in [2.45, 2.75) is 4.90 Å². The van der Waals surface area contributed by atoms with E-state index in [2.05, 4.69) is 10.3 Å². The molecule has 1 heterocycles. The van der Waals surface area contributed by atoms with Crippen LogP contribution >= 0.6 is 0 Å². The van der Waals surface area contributed by atoms with E-state index in [-0.39, 0.29) is 16.1 Å². The highest BCUT2D eigenvalue weighted by molar-refractivity contribution is 7.90. The number of hydrogen-bond donors (Lipinski definition) is 1. The van der Waals surface area contributed by atoms with Crippen LogP contribution in [0, 0.1) is 11.9 Å². The van der Waals surface area contributed by atoms with E-state index in [0.29, 0.717) is 0 Å². The molecule has 0 saturated carbocycles. The Kier molecular flexibility index (Phi) is 3.99. The predicted octanol–water partition coefficient (Wildman–Crippen LogP) is 2.02. The van der Waals surface area contributed by atoms with Gasteiger partial charge in [0.2, 0.25) is 11.9 Å². The Labute approximate surface area is 119 Å². The van der Waals surface area contributed by atoms with Crippen LogP contribution in [0.5, 0.6) is 0 Å². The quantitative estimate of drug-likeness (QED) is 0.880. The lowest BCUT2D eigenvalue weighted by atomic mass is 10.2. The Hall–Kier alpha value is -2.35. The second-order valence-electron chi connectivity index (χ2n) is 4.23. The van der Waals surface area contributed by atoms with E-state index in [1.54, 1.807) is 0 Å². The number of pyridine rings is 1. The SMILES string of the molecule is CS(=O)(=O)c1cccc(C(=O)Nc2ccc(F)nc2F)c1. The lowest BCUT2D eigenvalue weighted by Crippen LogP contribution is -2.14. The van der Waals surface area contributed by atoms with E-state index >= 15 is 0 Å². The van der Waals surface area contributed by atoms with Gasteiger partial charge in [-0.15, -0.1) is 0 Å². The van der Waals surface area contributed by atoms with Gasteiger partial charge in [0, 0.05) is 11.8 Å². The Bertz CT molecular complexity index is 807. The molecule has 2 rings (SSSR count). The molecule has 0 unspecified atom stereocenters. The first-order chi connectivity index (χ1) is 9.77. The van der Waals surface area contributed by atoms with E-state index in [9.17, 15) is 22.0 Å². The number of nitrogens with one attached hydrogen (secondary N) is 1. The normalized spacial score (nSPS) is 11.2. The van der Waals surface area contributed by atoms with Crippen molar-refractivity contribution in [3.05, 3.63) is 53.9 Å². The van der Waals surface area contributed by atoms with Crippen LogP contribution in [0.3, 0.4) is 0 Å². The van der Waals surface area contributed by atoms with E-state index in [0.717, 1.165) is 18.4 Å². The van der Waals surface area contributed by atoms with Crippen LogP contribution in [-0.4, -0.2) is 25.6 Å². The Morgan fingerprint density at radius 3 is 2.52 bits per heavy atom. The first-order valence-electron chi connectivity index (χ1n) is 5.71. The monoisotopic (exact) mass is 312 g/mol. The average Bonchev–Trinajstić information content (AvgIpc) is 2.41. The fraction of sp³-hybridized carbons (Fsp3) is 0.0769. The molecule has 1 aromatic heterocycles. The third-order valence-electron chi connectivity index (χ3n) is 2.59. The molecule has 0 bridgehead atoms. The summed E-state index contributed by atoms with van der Waals surface area (Å²) in [6, 6.07) is 7.19. The molecular formula is C13H10F2N2O3S. The minimum Gasteiger partial charge on any atom is -0.318 e. The largest absolute Gasteiger partial charge is 0.318 e. The zero-order valence-corrected chi connectivity index (χ0v) is 11.6. The zero-order chi connectivity index (χ0) is 15.6. The van der Waals surface area contributed by atoms with E-state index in [1.807, 2.05) is 0 Å². The van der Waals surface area contributed by atoms with Crippen molar-refractivity contribution in [3.8, 4) is 0 Å².